The second-order valence-corrected chi connectivity index (χ2v) is 5.78. The largest absolute Gasteiger partial charge is 0.364 e. The van der Waals surface area contributed by atoms with E-state index in [1.165, 1.54) is 6.26 Å². The maximum Gasteiger partial charge on any atom is 0.227 e. The summed E-state index contributed by atoms with van der Waals surface area (Å²) in [6.45, 7) is 3.87. The molecule has 0 aliphatic carbocycles. The van der Waals surface area contributed by atoms with Crippen LogP contribution < -0.4 is 5.32 Å². The first-order valence-corrected chi connectivity index (χ1v) is 8.06. The number of carbonyl (C=O) groups excluding carboxylic acids is 2. The highest BCUT2D eigenvalue weighted by atomic mass is 16.5. The first kappa shape index (κ1) is 17.7. The topological polar surface area (TPSA) is 75.4 Å². The molecule has 0 aliphatic rings. The number of benzene rings is 1. The van der Waals surface area contributed by atoms with Crippen LogP contribution >= 0.6 is 0 Å². The lowest BCUT2D eigenvalue weighted by molar-refractivity contribution is -0.131. The van der Waals surface area contributed by atoms with E-state index >= 15 is 0 Å². The van der Waals surface area contributed by atoms with Crippen molar-refractivity contribution in [2.75, 3.05) is 12.4 Å². The molecule has 2 amide bonds. The third-order valence-corrected chi connectivity index (χ3v) is 3.93. The van der Waals surface area contributed by atoms with Gasteiger partial charge in [-0.3, -0.25) is 9.59 Å². The number of nitrogens with zero attached hydrogens (tertiary/aromatic N) is 2. The van der Waals surface area contributed by atoms with E-state index in [0.29, 0.717) is 12.8 Å². The van der Waals surface area contributed by atoms with Crippen molar-refractivity contribution < 1.29 is 14.1 Å². The molecule has 24 heavy (non-hydrogen) atoms. The van der Waals surface area contributed by atoms with E-state index in [4.69, 9.17) is 4.52 Å². The van der Waals surface area contributed by atoms with Crippen LogP contribution in [0.1, 0.15) is 44.0 Å². The Morgan fingerprint density at radius 1 is 1.25 bits per heavy atom. The fourth-order valence-electron chi connectivity index (χ4n) is 2.31. The molecule has 0 spiro atoms. The second kappa shape index (κ2) is 8.29. The van der Waals surface area contributed by atoms with Gasteiger partial charge in [0, 0.05) is 25.2 Å². The highest BCUT2D eigenvalue weighted by Gasteiger charge is 2.19. The monoisotopic (exact) mass is 329 g/mol. The molecule has 2 rings (SSSR count). The zero-order valence-electron chi connectivity index (χ0n) is 14.3. The Bertz CT molecular complexity index is 665. The number of likely N-dealkylation sites (N-methyl/N-ethyl adjacent to an activating group) is 1. The molecule has 1 atom stereocenters. The molecular formula is C18H23N3O3. The Kier molecular flexibility index (Phi) is 6.12. The summed E-state index contributed by atoms with van der Waals surface area (Å²) in [5.41, 5.74) is 2.36. The highest BCUT2D eigenvalue weighted by Crippen LogP contribution is 2.18. The standard InChI is InChI=1S/C18H23N3O3/c1-4-5-17(22)19-15-8-6-14(7-9-15)12-18(23)21(3)13(2)16-10-11-24-20-16/h6-11,13H,4-5,12H2,1-3H3,(H,19,22). The third-order valence-electron chi connectivity index (χ3n) is 3.93. The van der Waals surface area contributed by atoms with Crippen molar-refractivity contribution in [1.29, 1.82) is 0 Å². The highest BCUT2D eigenvalue weighted by molar-refractivity contribution is 5.90. The fourth-order valence-corrected chi connectivity index (χ4v) is 2.31. The van der Waals surface area contributed by atoms with Crippen molar-refractivity contribution in [3.63, 3.8) is 0 Å². The molecular weight excluding hydrogens is 306 g/mol. The molecule has 128 valence electrons. The maximum absolute atomic E-state index is 12.4. The van der Waals surface area contributed by atoms with E-state index in [1.807, 2.05) is 38.1 Å². The van der Waals surface area contributed by atoms with E-state index in [1.54, 1.807) is 18.0 Å². The summed E-state index contributed by atoms with van der Waals surface area (Å²) in [5, 5.41) is 6.70. The maximum atomic E-state index is 12.4. The SMILES string of the molecule is CCCC(=O)Nc1ccc(CC(=O)N(C)C(C)c2ccon2)cc1. The van der Waals surface area contributed by atoms with Gasteiger partial charge >= 0.3 is 0 Å². The summed E-state index contributed by atoms with van der Waals surface area (Å²) in [7, 11) is 1.75. The molecule has 1 heterocycles. The van der Waals surface area contributed by atoms with E-state index in [9.17, 15) is 9.59 Å². The number of carbonyl (C=O) groups is 2. The van der Waals surface area contributed by atoms with Gasteiger partial charge in [-0.1, -0.05) is 24.2 Å². The molecule has 0 bridgehead atoms. The summed E-state index contributed by atoms with van der Waals surface area (Å²) in [6.07, 6.45) is 3.11. The minimum absolute atomic E-state index is 0.00231. The zero-order chi connectivity index (χ0) is 17.5. The lowest BCUT2D eigenvalue weighted by atomic mass is 10.1. The van der Waals surface area contributed by atoms with E-state index in [0.717, 1.165) is 23.4 Å². The molecule has 1 N–H and O–H groups in total. The number of rotatable bonds is 7. The van der Waals surface area contributed by atoms with Gasteiger partial charge in [-0.15, -0.1) is 0 Å². The molecule has 0 radical (unpaired) electrons. The first-order chi connectivity index (χ1) is 11.5. The lowest BCUT2D eigenvalue weighted by Gasteiger charge is -2.23. The van der Waals surface area contributed by atoms with Gasteiger partial charge in [0.15, 0.2) is 0 Å². The van der Waals surface area contributed by atoms with E-state index < -0.39 is 0 Å². The Morgan fingerprint density at radius 3 is 2.54 bits per heavy atom. The van der Waals surface area contributed by atoms with Crippen LogP contribution in [-0.2, 0) is 16.0 Å². The molecule has 1 unspecified atom stereocenters. The van der Waals surface area contributed by atoms with Crippen LogP contribution in [0.3, 0.4) is 0 Å². The molecule has 6 nitrogen and oxygen atoms in total. The molecule has 2 aromatic rings. The lowest BCUT2D eigenvalue weighted by Crippen LogP contribution is -2.31. The summed E-state index contributed by atoms with van der Waals surface area (Å²) < 4.78 is 4.82. The van der Waals surface area contributed by atoms with E-state index in [-0.39, 0.29) is 17.9 Å². The first-order valence-electron chi connectivity index (χ1n) is 8.06. The Labute approximate surface area is 141 Å². The van der Waals surface area contributed by atoms with Crippen LogP contribution in [-0.4, -0.2) is 28.9 Å². The van der Waals surface area contributed by atoms with Gasteiger partial charge in [-0.05, 0) is 31.0 Å². The van der Waals surface area contributed by atoms with Gasteiger partial charge in [0.05, 0.1) is 12.5 Å². The van der Waals surface area contributed by atoms with Gasteiger partial charge in [-0.25, -0.2) is 0 Å². The molecule has 0 fully saturated rings. The van der Waals surface area contributed by atoms with Crippen molar-refractivity contribution in [1.82, 2.24) is 10.1 Å². The fraction of sp³-hybridized carbons (Fsp3) is 0.389. The van der Waals surface area contributed by atoms with Gasteiger partial charge in [0.25, 0.3) is 0 Å². The quantitative estimate of drug-likeness (QED) is 0.846. The van der Waals surface area contributed by atoms with Crippen molar-refractivity contribution in [2.24, 2.45) is 0 Å². The van der Waals surface area contributed by atoms with Gasteiger partial charge in [0.1, 0.15) is 12.0 Å². The number of aromatic nitrogens is 1. The van der Waals surface area contributed by atoms with Gasteiger partial charge in [0.2, 0.25) is 11.8 Å². The summed E-state index contributed by atoms with van der Waals surface area (Å²) in [6, 6.07) is 8.95. The molecule has 1 aromatic heterocycles. The minimum Gasteiger partial charge on any atom is -0.364 e. The van der Waals surface area contributed by atoms with Crippen LogP contribution in [0, 0.1) is 0 Å². The molecule has 0 saturated carbocycles. The van der Waals surface area contributed by atoms with Crippen LogP contribution in [0.25, 0.3) is 0 Å². The smallest absolute Gasteiger partial charge is 0.227 e. The Balaban J connectivity index is 1.93. The predicted octanol–water partition coefficient (Wildman–Crippen LogP) is 3.18. The number of hydrogen-bond acceptors (Lipinski definition) is 4. The van der Waals surface area contributed by atoms with Crippen molar-refractivity contribution in [3.8, 4) is 0 Å². The summed E-state index contributed by atoms with van der Waals surface area (Å²) in [5.74, 6) is -0.00392. The third kappa shape index (κ3) is 4.68. The van der Waals surface area contributed by atoms with Gasteiger partial charge in [-0.2, -0.15) is 0 Å². The van der Waals surface area contributed by atoms with Crippen LogP contribution in [0.15, 0.2) is 41.1 Å². The number of anilines is 1. The summed E-state index contributed by atoms with van der Waals surface area (Å²) >= 11 is 0. The normalized spacial score (nSPS) is 11.8. The predicted molar refractivity (Wildman–Crippen MR) is 91.4 cm³/mol. The van der Waals surface area contributed by atoms with Gasteiger partial charge < -0.3 is 14.7 Å². The van der Waals surface area contributed by atoms with Crippen molar-refractivity contribution in [3.05, 3.63) is 47.9 Å². The average Bonchev–Trinajstić information content (AvgIpc) is 3.10. The Morgan fingerprint density at radius 2 is 1.96 bits per heavy atom. The van der Waals surface area contributed by atoms with Crippen molar-refractivity contribution >= 4 is 17.5 Å². The summed E-state index contributed by atoms with van der Waals surface area (Å²) in [4.78, 5) is 25.6. The second-order valence-electron chi connectivity index (χ2n) is 5.78. The average molecular weight is 329 g/mol. The van der Waals surface area contributed by atoms with Crippen LogP contribution in [0.4, 0.5) is 5.69 Å². The number of amides is 2. The molecule has 1 aromatic carbocycles. The molecule has 0 aliphatic heterocycles. The minimum atomic E-state index is -0.149. The van der Waals surface area contributed by atoms with Crippen molar-refractivity contribution in [2.45, 2.75) is 39.2 Å². The molecule has 0 saturated heterocycles. The number of nitrogens with one attached hydrogen (secondary N) is 1. The Hall–Kier alpha value is -2.63. The number of hydrogen-bond donors (Lipinski definition) is 1. The van der Waals surface area contributed by atoms with E-state index in [2.05, 4.69) is 10.5 Å². The molecule has 6 heteroatoms. The van der Waals surface area contributed by atoms with Crippen LogP contribution in [0.5, 0.6) is 0 Å². The van der Waals surface area contributed by atoms with Crippen LogP contribution in [0.2, 0.25) is 0 Å². The zero-order valence-corrected chi connectivity index (χ0v) is 14.3.